The van der Waals surface area contributed by atoms with E-state index in [-0.39, 0.29) is 6.61 Å². The lowest BCUT2D eigenvalue weighted by molar-refractivity contribution is 0.174. The Hall–Kier alpha value is -1.04. The Morgan fingerprint density at radius 3 is 2.93 bits per heavy atom. The third kappa shape index (κ3) is 3.37. The summed E-state index contributed by atoms with van der Waals surface area (Å²) in [6.07, 6.45) is 1.06. The van der Waals surface area contributed by atoms with Crippen molar-refractivity contribution in [3.8, 4) is 0 Å². The maximum atomic E-state index is 11.1. The minimum Gasteiger partial charge on any atom is -0.445 e. The molecule has 0 fully saturated rings. The molecule has 74 valence electrons. The highest BCUT2D eigenvalue weighted by Crippen LogP contribution is 2.16. The van der Waals surface area contributed by atoms with Crippen molar-refractivity contribution in [1.82, 2.24) is 0 Å². The van der Waals surface area contributed by atoms with E-state index in [0.717, 1.165) is 9.26 Å². The number of carbonyl (C=O) groups excluding carboxylic acids is 1. The average molecular weight is 303 g/mol. The van der Waals surface area contributed by atoms with Gasteiger partial charge in [0.05, 0.1) is 5.69 Å². The van der Waals surface area contributed by atoms with Crippen LogP contribution in [0.2, 0.25) is 0 Å². The van der Waals surface area contributed by atoms with Crippen molar-refractivity contribution in [2.75, 3.05) is 11.9 Å². The Kier molecular flexibility index (Phi) is 4.45. The van der Waals surface area contributed by atoms with Crippen molar-refractivity contribution >= 4 is 34.4 Å². The summed E-state index contributed by atoms with van der Waals surface area (Å²) < 4.78 is 5.75. The Labute approximate surface area is 96.3 Å². The zero-order valence-corrected chi connectivity index (χ0v) is 9.65. The molecule has 0 aromatic heterocycles. The molecule has 0 bridgehead atoms. The van der Waals surface area contributed by atoms with Gasteiger partial charge in [-0.25, -0.2) is 4.79 Å². The van der Waals surface area contributed by atoms with E-state index in [2.05, 4.69) is 34.5 Å². The molecule has 0 heterocycles. The quantitative estimate of drug-likeness (QED) is 0.688. The van der Waals surface area contributed by atoms with Crippen LogP contribution in [-0.4, -0.2) is 12.7 Å². The number of carbonyl (C=O) groups is 1. The van der Waals surface area contributed by atoms with Crippen molar-refractivity contribution in [3.63, 3.8) is 0 Å². The molecule has 0 aliphatic carbocycles. The van der Waals surface area contributed by atoms with Gasteiger partial charge in [-0.05, 0) is 34.7 Å². The van der Waals surface area contributed by atoms with Gasteiger partial charge in [-0.1, -0.05) is 24.8 Å². The number of amides is 1. The van der Waals surface area contributed by atoms with E-state index in [0.29, 0.717) is 0 Å². The standard InChI is InChI=1S/C10H10INO2/c1-2-7-14-10(13)12-9-6-4-3-5-8(9)11/h2-6H,1,7H2,(H,12,13). The SMILES string of the molecule is C=CCOC(=O)Nc1ccccc1I. The molecule has 1 aromatic carbocycles. The van der Waals surface area contributed by atoms with Gasteiger partial charge in [0.2, 0.25) is 0 Å². The Balaban J connectivity index is 2.56. The van der Waals surface area contributed by atoms with E-state index in [1.54, 1.807) is 0 Å². The van der Waals surface area contributed by atoms with Crippen LogP contribution in [0, 0.1) is 3.57 Å². The van der Waals surface area contributed by atoms with Crippen molar-refractivity contribution in [2.45, 2.75) is 0 Å². The number of anilines is 1. The number of nitrogens with one attached hydrogen (secondary N) is 1. The molecular formula is C10H10INO2. The fourth-order valence-corrected chi connectivity index (χ4v) is 1.37. The van der Waals surface area contributed by atoms with Crippen LogP contribution in [0.1, 0.15) is 0 Å². The number of hydrogen-bond donors (Lipinski definition) is 1. The fourth-order valence-electron chi connectivity index (χ4n) is 0.843. The highest BCUT2D eigenvalue weighted by Gasteiger charge is 2.03. The van der Waals surface area contributed by atoms with Gasteiger partial charge >= 0.3 is 6.09 Å². The predicted octanol–water partition coefficient (Wildman–Crippen LogP) is 3.03. The number of hydrogen-bond acceptors (Lipinski definition) is 2. The first kappa shape index (κ1) is 11.0. The van der Waals surface area contributed by atoms with Crippen LogP contribution in [0.5, 0.6) is 0 Å². The molecule has 1 aromatic rings. The maximum absolute atomic E-state index is 11.1. The maximum Gasteiger partial charge on any atom is 0.411 e. The van der Waals surface area contributed by atoms with Gasteiger partial charge in [-0.15, -0.1) is 0 Å². The molecule has 0 atom stereocenters. The van der Waals surface area contributed by atoms with Gasteiger partial charge in [0.1, 0.15) is 6.61 Å². The minimum atomic E-state index is -0.464. The van der Waals surface area contributed by atoms with E-state index in [9.17, 15) is 4.79 Å². The van der Waals surface area contributed by atoms with Gasteiger partial charge in [0.25, 0.3) is 0 Å². The lowest BCUT2D eigenvalue weighted by Gasteiger charge is -2.06. The second kappa shape index (κ2) is 5.64. The lowest BCUT2D eigenvalue weighted by atomic mass is 10.3. The van der Waals surface area contributed by atoms with Gasteiger partial charge < -0.3 is 4.74 Å². The summed E-state index contributed by atoms with van der Waals surface area (Å²) in [5.41, 5.74) is 0.752. The Bertz CT molecular complexity index is 339. The lowest BCUT2D eigenvalue weighted by Crippen LogP contribution is -2.14. The zero-order valence-electron chi connectivity index (χ0n) is 7.50. The van der Waals surface area contributed by atoms with Crippen LogP contribution in [0.3, 0.4) is 0 Å². The summed E-state index contributed by atoms with van der Waals surface area (Å²) in [6, 6.07) is 7.48. The molecule has 1 amide bonds. The zero-order chi connectivity index (χ0) is 10.4. The fraction of sp³-hybridized carbons (Fsp3) is 0.100. The second-order valence-corrected chi connectivity index (χ2v) is 3.65. The topological polar surface area (TPSA) is 38.3 Å². The molecule has 14 heavy (non-hydrogen) atoms. The molecular weight excluding hydrogens is 293 g/mol. The number of halogens is 1. The third-order valence-corrected chi connectivity index (χ3v) is 2.38. The van der Waals surface area contributed by atoms with Crippen molar-refractivity contribution < 1.29 is 9.53 Å². The van der Waals surface area contributed by atoms with Crippen molar-refractivity contribution in [1.29, 1.82) is 0 Å². The summed E-state index contributed by atoms with van der Waals surface area (Å²) in [7, 11) is 0. The molecule has 0 aliphatic rings. The van der Waals surface area contributed by atoms with Crippen molar-refractivity contribution in [2.24, 2.45) is 0 Å². The summed E-state index contributed by atoms with van der Waals surface area (Å²) in [5, 5.41) is 2.63. The summed E-state index contributed by atoms with van der Waals surface area (Å²) in [6.45, 7) is 3.67. The molecule has 0 aliphatic heterocycles. The smallest absolute Gasteiger partial charge is 0.411 e. The van der Waals surface area contributed by atoms with E-state index in [4.69, 9.17) is 4.74 Å². The third-order valence-electron chi connectivity index (χ3n) is 1.44. The van der Waals surface area contributed by atoms with Crippen LogP contribution in [0.15, 0.2) is 36.9 Å². The van der Waals surface area contributed by atoms with Crippen molar-refractivity contribution in [3.05, 3.63) is 40.5 Å². The van der Waals surface area contributed by atoms with Crippen LogP contribution in [0.4, 0.5) is 10.5 Å². The van der Waals surface area contributed by atoms with Crippen LogP contribution in [-0.2, 0) is 4.74 Å². The normalized spacial score (nSPS) is 9.21. The number of benzene rings is 1. The molecule has 0 spiro atoms. The minimum absolute atomic E-state index is 0.218. The first-order chi connectivity index (χ1) is 6.74. The molecule has 4 heteroatoms. The molecule has 1 N–H and O–H groups in total. The Morgan fingerprint density at radius 2 is 2.29 bits per heavy atom. The molecule has 1 rings (SSSR count). The number of ether oxygens (including phenoxy) is 1. The van der Waals surface area contributed by atoms with Crippen LogP contribution < -0.4 is 5.32 Å². The molecule has 3 nitrogen and oxygen atoms in total. The van der Waals surface area contributed by atoms with Crippen LogP contribution >= 0.6 is 22.6 Å². The molecule has 0 unspecified atom stereocenters. The molecule has 0 saturated heterocycles. The monoisotopic (exact) mass is 303 g/mol. The number of rotatable bonds is 3. The van der Waals surface area contributed by atoms with Crippen LogP contribution in [0.25, 0.3) is 0 Å². The summed E-state index contributed by atoms with van der Waals surface area (Å²) >= 11 is 2.14. The van der Waals surface area contributed by atoms with E-state index < -0.39 is 6.09 Å². The van der Waals surface area contributed by atoms with E-state index in [1.165, 1.54) is 6.08 Å². The Morgan fingerprint density at radius 1 is 1.57 bits per heavy atom. The van der Waals surface area contributed by atoms with E-state index >= 15 is 0 Å². The van der Waals surface area contributed by atoms with E-state index in [1.807, 2.05) is 24.3 Å². The number of para-hydroxylation sites is 1. The highest BCUT2D eigenvalue weighted by atomic mass is 127. The summed E-state index contributed by atoms with van der Waals surface area (Å²) in [4.78, 5) is 11.1. The first-order valence-corrected chi connectivity index (χ1v) is 5.11. The first-order valence-electron chi connectivity index (χ1n) is 4.03. The molecule has 0 radical (unpaired) electrons. The van der Waals surface area contributed by atoms with Gasteiger partial charge in [-0.3, -0.25) is 5.32 Å². The van der Waals surface area contributed by atoms with Gasteiger partial charge in [-0.2, -0.15) is 0 Å². The summed E-state index contributed by atoms with van der Waals surface area (Å²) in [5.74, 6) is 0. The van der Waals surface area contributed by atoms with Gasteiger partial charge in [0.15, 0.2) is 0 Å². The average Bonchev–Trinajstić information content (AvgIpc) is 2.18. The molecule has 0 saturated carbocycles. The highest BCUT2D eigenvalue weighted by molar-refractivity contribution is 14.1. The second-order valence-electron chi connectivity index (χ2n) is 2.49. The largest absolute Gasteiger partial charge is 0.445 e. The van der Waals surface area contributed by atoms with Gasteiger partial charge in [0, 0.05) is 3.57 Å². The predicted molar refractivity (Wildman–Crippen MR) is 64.3 cm³/mol.